The van der Waals surface area contributed by atoms with E-state index >= 15 is 0 Å². The van der Waals surface area contributed by atoms with E-state index in [0.29, 0.717) is 50.0 Å². The van der Waals surface area contributed by atoms with Gasteiger partial charge in [0.2, 0.25) is 5.91 Å². The molecule has 0 spiro atoms. The summed E-state index contributed by atoms with van der Waals surface area (Å²) in [7, 11) is 5.19. The number of carbonyl (C=O) groups is 1. The molecule has 4 aromatic rings. The summed E-state index contributed by atoms with van der Waals surface area (Å²) in [6.07, 6.45) is 4.73. The molecule has 0 radical (unpaired) electrons. The van der Waals surface area contributed by atoms with E-state index in [1.165, 1.54) is 20.3 Å². The van der Waals surface area contributed by atoms with Crippen LogP contribution in [0.3, 0.4) is 0 Å². The monoisotopic (exact) mass is 606 g/mol. The average molecular weight is 608 g/mol. The molecule has 11 heteroatoms. The van der Waals surface area contributed by atoms with Gasteiger partial charge in [-0.2, -0.15) is 0 Å². The largest absolute Gasteiger partial charge is 0.495 e. The minimum Gasteiger partial charge on any atom is -0.495 e. The number of methoxy groups -OCH3 is 2. The smallest absolute Gasteiger partial charge is 0.247 e. The second-order valence-corrected chi connectivity index (χ2v) is 10.8. The van der Waals surface area contributed by atoms with Crippen molar-refractivity contribution in [2.75, 3.05) is 58.1 Å². The average Bonchev–Trinajstić information content (AvgIpc) is 2.99. The maximum Gasteiger partial charge on any atom is 0.247 e. The van der Waals surface area contributed by atoms with Crippen LogP contribution in [0, 0.1) is 0 Å². The molecule has 2 aromatic carbocycles. The summed E-state index contributed by atoms with van der Waals surface area (Å²) in [4.78, 5) is 26.2. The number of piperazine rings is 1. The molecular formula is C31H32Cl2N6O3. The summed E-state index contributed by atoms with van der Waals surface area (Å²) >= 11 is 13.2. The Labute approximate surface area is 255 Å². The van der Waals surface area contributed by atoms with Gasteiger partial charge < -0.3 is 25.0 Å². The first-order valence-electron chi connectivity index (χ1n) is 13.4. The van der Waals surface area contributed by atoms with Crippen LogP contribution in [0.4, 0.5) is 17.2 Å². The summed E-state index contributed by atoms with van der Waals surface area (Å²) < 4.78 is 10.8. The third kappa shape index (κ3) is 6.44. The van der Waals surface area contributed by atoms with E-state index < -0.39 is 0 Å². The van der Waals surface area contributed by atoms with E-state index in [1.807, 2.05) is 24.3 Å². The van der Waals surface area contributed by atoms with Crippen LogP contribution in [-0.4, -0.2) is 73.1 Å². The summed E-state index contributed by atoms with van der Waals surface area (Å²) in [5, 5.41) is 8.63. The Kier molecular flexibility index (Phi) is 9.13. The first kappa shape index (κ1) is 29.6. The van der Waals surface area contributed by atoms with Crippen LogP contribution in [0.2, 0.25) is 10.0 Å². The molecule has 1 saturated heterocycles. The molecule has 1 amide bonds. The first-order chi connectivity index (χ1) is 20.3. The van der Waals surface area contributed by atoms with Crippen molar-refractivity contribution in [1.29, 1.82) is 0 Å². The van der Waals surface area contributed by atoms with E-state index in [0.717, 1.165) is 49.1 Å². The zero-order chi connectivity index (χ0) is 29.8. The van der Waals surface area contributed by atoms with E-state index in [2.05, 4.69) is 50.1 Å². The van der Waals surface area contributed by atoms with Gasteiger partial charge in [0.25, 0.3) is 0 Å². The van der Waals surface area contributed by atoms with E-state index in [4.69, 9.17) is 32.7 Å². The molecule has 42 heavy (non-hydrogen) atoms. The van der Waals surface area contributed by atoms with Crippen molar-refractivity contribution in [3.63, 3.8) is 0 Å². The second kappa shape index (κ2) is 13.0. The van der Waals surface area contributed by atoms with Crippen molar-refractivity contribution < 1.29 is 14.3 Å². The van der Waals surface area contributed by atoms with Crippen molar-refractivity contribution in [1.82, 2.24) is 19.8 Å². The molecule has 0 unspecified atom stereocenters. The fourth-order valence-electron chi connectivity index (χ4n) is 4.84. The summed E-state index contributed by atoms with van der Waals surface area (Å²) in [5.74, 6) is 1.17. The SMILES string of the molecule is C=CC(=O)Nc1cc(CN2CCN(C)CC2)ccc1Nc1cc2cnc(-c3c(Cl)c(OC)cc(OC)c3Cl)cc2cn1. The minimum atomic E-state index is -0.288. The van der Waals surface area contributed by atoms with E-state index in [9.17, 15) is 4.79 Å². The van der Waals surface area contributed by atoms with Gasteiger partial charge in [-0.05, 0) is 43.0 Å². The van der Waals surface area contributed by atoms with Crippen molar-refractivity contribution in [2.45, 2.75) is 6.54 Å². The predicted molar refractivity (Wildman–Crippen MR) is 169 cm³/mol. The number of fused-ring (bicyclic) bond motifs is 1. The van der Waals surface area contributed by atoms with Crippen LogP contribution in [0.25, 0.3) is 22.0 Å². The van der Waals surface area contributed by atoms with Gasteiger partial charge in [0.1, 0.15) is 17.3 Å². The van der Waals surface area contributed by atoms with Gasteiger partial charge in [0.15, 0.2) is 0 Å². The number of aromatic nitrogens is 2. The molecule has 1 fully saturated rings. The van der Waals surface area contributed by atoms with Crippen LogP contribution < -0.4 is 20.1 Å². The van der Waals surface area contributed by atoms with Gasteiger partial charge >= 0.3 is 0 Å². The number of likely N-dealkylation sites (N-methyl/N-ethyl adjacent to an activating group) is 1. The Bertz CT molecular complexity index is 1610. The number of pyridine rings is 2. The minimum absolute atomic E-state index is 0.288. The van der Waals surface area contributed by atoms with Gasteiger partial charge in [-0.15, -0.1) is 0 Å². The maximum absolute atomic E-state index is 12.2. The van der Waals surface area contributed by atoms with Gasteiger partial charge in [0, 0.05) is 67.5 Å². The number of nitrogens with one attached hydrogen (secondary N) is 2. The third-order valence-electron chi connectivity index (χ3n) is 7.23. The van der Waals surface area contributed by atoms with Gasteiger partial charge in [-0.3, -0.25) is 14.7 Å². The highest BCUT2D eigenvalue weighted by atomic mass is 35.5. The third-order valence-corrected chi connectivity index (χ3v) is 7.98. The van der Waals surface area contributed by atoms with Crippen LogP contribution in [-0.2, 0) is 11.3 Å². The number of hydrogen-bond acceptors (Lipinski definition) is 8. The fraction of sp³-hybridized carbons (Fsp3) is 0.258. The zero-order valence-electron chi connectivity index (χ0n) is 23.7. The summed E-state index contributed by atoms with van der Waals surface area (Å²) in [6, 6.07) is 11.4. The fourth-order valence-corrected chi connectivity index (χ4v) is 5.54. The van der Waals surface area contributed by atoms with Crippen LogP contribution >= 0.6 is 23.2 Å². The number of hydrogen-bond donors (Lipinski definition) is 2. The molecule has 3 heterocycles. The number of ether oxygens (including phenoxy) is 2. The lowest BCUT2D eigenvalue weighted by molar-refractivity contribution is -0.111. The highest BCUT2D eigenvalue weighted by molar-refractivity contribution is 6.41. The van der Waals surface area contributed by atoms with Crippen molar-refractivity contribution >= 4 is 57.1 Å². The van der Waals surface area contributed by atoms with E-state index in [1.54, 1.807) is 18.5 Å². The topological polar surface area (TPSA) is 91.9 Å². The van der Waals surface area contributed by atoms with Gasteiger partial charge in [0.05, 0.1) is 41.3 Å². The van der Waals surface area contributed by atoms with Crippen molar-refractivity contribution in [3.05, 3.63) is 77.1 Å². The number of anilines is 3. The van der Waals surface area contributed by atoms with Crippen LogP contribution in [0.5, 0.6) is 11.5 Å². The summed E-state index contributed by atoms with van der Waals surface area (Å²) in [5.41, 5.74) is 3.54. The Hall–Kier alpha value is -3.89. The number of nitrogens with zero attached hydrogens (tertiary/aromatic N) is 4. The maximum atomic E-state index is 12.2. The van der Waals surface area contributed by atoms with E-state index in [-0.39, 0.29) is 5.91 Å². The molecule has 2 aromatic heterocycles. The lowest BCUT2D eigenvalue weighted by Gasteiger charge is -2.32. The molecule has 0 atom stereocenters. The molecule has 0 saturated carbocycles. The molecule has 5 rings (SSSR count). The molecule has 1 aliphatic rings. The highest BCUT2D eigenvalue weighted by Gasteiger charge is 2.20. The predicted octanol–water partition coefficient (Wildman–Crippen LogP) is 6.24. The molecule has 218 valence electrons. The molecule has 0 aliphatic carbocycles. The lowest BCUT2D eigenvalue weighted by Crippen LogP contribution is -2.43. The number of benzene rings is 2. The molecule has 1 aliphatic heterocycles. The standard InChI is InChI=1S/C31H32Cl2N6O3/c1-5-28(40)37-23-12-19(18-39-10-8-38(2)9-11-39)6-7-22(23)36-27-14-21-16-34-24(13-20(21)17-35-27)29-30(32)25(41-3)15-26(42-4)31(29)33/h5-7,12-17H,1,8-11,18H2,2-4H3,(H,35,36)(H,37,40). The highest BCUT2D eigenvalue weighted by Crippen LogP contribution is 2.45. The van der Waals surface area contributed by atoms with Crippen molar-refractivity contribution in [3.8, 4) is 22.8 Å². The van der Waals surface area contributed by atoms with Crippen LogP contribution in [0.15, 0.2) is 61.4 Å². The molecule has 0 bridgehead atoms. The molecular weight excluding hydrogens is 575 g/mol. The Morgan fingerprint density at radius 3 is 2.29 bits per heavy atom. The zero-order valence-corrected chi connectivity index (χ0v) is 25.2. The normalized spacial score (nSPS) is 14.0. The van der Waals surface area contributed by atoms with Crippen molar-refractivity contribution in [2.24, 2.45) is 0 Å². The number of halogens is 2. The quantitative estimate of drug-likeness (QED) is 0.216. The number of carbonyl (C=O) groups excluding carboxylic acids is 1. The number of rotatable bonds is 9. The Morgan fingerprint density at radius 2 is 1.62 bits per heavy atom. The van der Waals surface area contributed by atoms with Gasteiger partial charge in [-0.1, -0.05) is 35.8 Å². The molecule has 2 N–H and O–H groups in total. The first-order valence-corrected chi connectivity index (χ1v) is 14.2. The van der Waals surface area contributed by atoms with Crippen LogP contribution in [0.1, 0.15) is 5.56 Å². The Morgan fingerprint density at radius 1 is 0.952 bits per heavy atom. The summed E-state index contributed by atoms with van der Waals surface area (Å²) in [6.45, 7) is 8.49. The number of amides is 1. The van der Waals surface area contributed by atoms with Gasteiger partial charge in [-0.25, -0.2) is 4.98 Å². The molecule has 9 nitrogen and oxygen atoms in total. The lowest BCUT2D eigenvalue weighted by atomic mass is 10.1. The Balaban J connectivity index is 1.42. The second-order valence-electron chi connectivity index (χ2n) is 10.0.